The molecule has 1 unspecified atom stereocenters. The van der Waals surface area contributed by atoms with Gasteiger partial charge in [-0.05, 0) is 26.3 Å². The summed E-state index contributed by atoms with van der Waals surface area (Å²) in [5.41, 5.74) is -0.284. The Labute approximate surface area is 122 Å². The molecule has 0 bridgehead atoms. The number of furan rings is 1. The Kier molecular flexibility index (Phi) is 4.32. The number of carbonyl (C=O) groups is 1. The summed E-state index contributed by atoms with van der Waals surface area (Å²) < 4.78 is 19.0. The van der Waals surface area contributed by atoms with E-state index >= 15 is 0 Å². The number of benzene rings is 1. The van der Waals surface area contributed by atoms with Crippen LogP contribution in [0.15, 0.2) is 22.6 Å². The lowest BCUT2D eigenvalue weighted by Crippen LogP contribution is -2.40. The summed E-state index contributed by atoms with van der Waals surface area (Å²) in [5.74, 6) is -0.852. The SMILES string of the molecule is CCCC(C)(O)CNC(=O)c1oc2c(F)cccc2c1C. The molecule has 0 saturated carbocycles. The lowest BCUT2D eigenvalue weighted by atomic mass is 10.0. The van der Waals surface area contributed by atoms with Gasteiger partial charge in [-0.15, -0.1) is 0 Å². The van der Waals surface area contributed by atoms with Gasteiger partial charge in [0, 0.05) is 17.5 Å². The van der Waals surface area contributed by atoms with Gasteiger partial charge < -0.3 is 14.8 Å². The van der Waals surface area contributed by atoms with Gasteiger partial charge in [0.15, 0.2) is 17.2 Å². The van der Waals surface area contributed by atoms with Gasteiger partial charge in [-0.25, -0.2) is 4.39 Å². The highest BCUT2D eigenvalue weighted by atomic mass is 19.1. The first-order chi connectivity index (χ1) is 9.85. The summed E-state index contributed by atoms with van der Waals surface area (Å²) >= 11 is 0. The summed E-state index contributed by atoms with van der Waals surface area (Å²) in [6, 6.07) is 4.58. The molecule has 0 saturated heterocycles. The second-order valence-electron chi connectivity index (χ2n) is 5.60. The number of rotatable bonds is 5. The van der Waals surface area contributed by atoms with Crippen LogP contribution in [0, 0.1) is 12.7 Å². The molecule has 114 valence electrons. The largest absolute Gasteiger partial charge is 0.448 e. The van der Waals surface area contributed by atoms with E-state index in [9.17, 15) is 14.3 Å². The first-order valence-electron chi connectivity index (χ1n) is 7.04. The topological polar surface area (TPSA) is 62.5 Å². The van der Waals surface area contributed by atoms with Crippen LogP contribution in [0.4, 0.5) is 4.39 Å². The van der Waals surface area contributed by atoms with Gasteiger partial charge in [0.25, 0.3) is 5.91 Å². The maximum absolute atomic E-state index is 13.7. The Balaban J connectivity index is 2.20. The molecule has 0 fully saturated rings. The molecule has 0 aliphatic rings. The van der Waals surface area contributed by atoms with E-state index in [4.69, 9.17) is 4.42 Å². The van der Waals surface area contributed by atoms with Crippen molar-refractivity contribution in [3.8, 4) is 0 Å². The molecule has 1 aromatic heterocycles. The van der Waals surface area contributed by atoms with Crippen molar-refractivity contribution in [3.05, 3.63) is 35.3 Å². The first kappa shape index (κ1) is 15.5. The molecule has 2 aromatic rings. The maximum atomic E-state index is 13.7. The number of aryl methyl sites for hydroxylation is 1. The maximum Gasteiger partial charge on any atom is 0.287 e. The standard InChI is InChI=1S/C16H20FNO3/c1-4-8-16(3,20)9-18-15(19)13-10(2)11-6-5-7-12(17)14(11)21-13/h5-7,20H,4,8-9H2,1-3H3,(H,18,19). The van der Waals surface area contributed by atoms with E-state index < -0.39 is 17.3 Å². The molecule has 0 aliphatic heterocycles. The zero-order valence-electron chi connectivity index (χ0n) is 12.5. The number of amides is 1. The van der Waals surface area contributed by atoms with E-state index in [1.54, 1.807) is 26.0 Å². The minimum atomic E-state index is -0.963. The molecule has 1 aromatic carbocycles. The molecule has 2 rings (SSSR count). The summed E-state index contributed by atoms with van der Waals surface area (Å²) in [4.78, 5) is 12.2. The van der Waals surface area contributed by atoms with Crippen molar-refractivity contribution < 1.29 is 18.7 Å². The third-order valence-corrected chi connectivity index (χ3v) is 3.54. The second-order valence-corrected chi connectivity index (χ2v) is 5.60. The third-order valence-electron chi connectivity index (χ3n) is 3.54. The summed E-state index contributed by atoms with van der Waals surface area (Å²) in [6.07, 6.45) is 1.40. The zero-order valence-corrected chi connectivity index (χ0v) is 12.5. The van der Waals surface area contributed by atoms with Crippen LogP contribution in [0.1, 0.15) is 42.8 Å². The van der Waals surface area contributed by atoms with E-state index in [-0.39, 0.29) is 17.9 Å². The molecule has 1 atom stereocenters. The van der Waals surface area contributed by atoms with Crippen LogP contribution in [-0.4, -0.2) is 23.2 Å². The van der Waals surface area contributed by atoms with Crippen LogP contribution in [-0.2, 0) is 0 Å². The number of hydrogen-bond donors (Lipinski definition) is 2. The number of halogens is 1. The van der Waals surface area contributed by atoms with Crippen LogP contribution in [0.2, 0.25) is 0 Å². The average molecular weight is 293 g/mol. The molecule has 1 heterocycles. The molecule has 1 amide bonds. The molecular weight excluding hydrogens is 273 g/mol. The predicted molar refractivity (Wildman–Crippen MR) is 78.8 cm³/mol. The summed E-state index contributed by atoms with van der Waals surface area (Å²) in [5, 5.41) is 13.3. The number of carbonyl (C=O) groups excluding carboxylic acids is 1. The van der Waals surface area contributed by atoms with Gasteiger partial charge in [-0.2, -0.15) is 0 Å². The molecule has 4 nitrogen and oxygen atoms in total. The van der Waals surface area contributed by atoms with Crippen LogP contribution in [0.3, 0.4) is 0 Å². The number of aliphatic hydroxyl groups is 1. The Morgan fingerprint density at radius 1 is 1.48 bits per heavy atom. The minimum Gasteiger partial charge on any atom is -0.448 e. The highest BCUT2D eigenvalue weighted by Gasteiger charge is 2.23. The monoisotopic (exact) mass is 293 g/mol. The van der Waals surface area contributed by atoms with Crippen molar-refractivity contribution in [1.82, 2.24) is 5.32 Å². The molecule has 5 heteroatoms. The first-order valence-corrected chi connectivity index (χ1v) is 7.04. The van der Waals surface area contributed by atoms with Crippen molar-refractivity contribution in [1.29, 1.82) is 0 Å². The highest BCUT2D eigenvalue weighted by Crippen LogP contribution is 2.27. The summed E-state index contributed by atoms with van der Waals surface area (Å²) in [6.45, 7) is 5.47. The highest BCUT2D eigenvalue weighted by molar-refractivity contribution is 5.99. The Morgan fingerprint density at radius 3 is 2.81 bits per heavy atom. The van der Waals surface area contributed by atoms with Gasteiger partial charge in [0.05, 0.1) is 5.60 Å². The number of para-hydroxylation sites is 1. The van der Waals surface area contributed by atoms with Crippen molar-refractivity contribution in [2.24, 2.45) is 0 Å². The molecule has 0 radical (unpaired) electrons. The van der Waals surface area contributed by atoms with Crippen molar-refractivity contribution in [3.63, 3.8) is 0 Å². The van der Waals surface area contributed by atoms with Crippen LogP contribution < -0.4 is 5.32 Å². The lowest BCUT2D eigenvalue weighted by molar-refractivity contribution is 0.0463. The average Bonchev–Trinajstić information content (AvgIpc) is 2.76. The fraction of sp³-hybridized carbons (Fsp3) is 0.438. The van der Waals surface area contributed by atoms with Crippen LogP contribution >= 0.6 is 0 Å². The number of hydrogen-bond acceptors (Lipinski definition) is 3. The van der Waals surface area contributed by atoms with Gasteiger partial charge in [0.2, 0.25) is 0 Å². The van der Waals surface area contributed by atoms with Gasteiger partial charge in [0.1, 0.15) is 0 Å². The molecule has 0 spiro atoms. The molecular formula is C16H20FNO3. The van der Waals surface area contributed by atoms with Crippen LogP contribution in [0.5, 0.6) is 0 Å². The fourth-order valence-electron chi connectivity index (χ4n) is 2.40. The van der Waals surface area contributed by atoms with Crippen molar-refractivity contribution in [2.45, 2.75) is 39.2 Å². The predicted octanol–water partition coefficient (Wildman–Crippen LogP) is 3.16. The van der Waals surface area contributed by atoms with Crippen molar-refractivity contribution >= 4 is 16.9 Å². The Bertz CT molecular complexity index is 661. The van der Waals surface area contributed by atoms with Crippen molar-refractivity contribution in [2.75, 3.05) is 6.54 Å². The Hall–Kier alpha value is -1.88. The van der Waals surface area contributed by atoms with E-state index in [2.05, 4.69) is 5.32 Å². The van der Waals surface area contributed by atoms with Gasteiger partial charge in [-0.1, -0.05) is 25.5 Å². The van der Waals surface area contributed by atoms with E-state index in [1.165, 1.54) is 6.07 Å². The van der Waals surface area contributed by atoms with E-state index in [0.717, 1.165) is 6.42 Å². The lowest BCUT2D eigenvalue weighted by Gasteiger charge is -2.22. The van der Waals surface area contributed by atoms with E-state index in [1.807, 2.05) is 6.92 Å². The van der Waals surface area contributed by atoms with Gasteiger partial charge in [-0.3, -0.25) is 4.79 Å². The number of fused-ring (bicyclic) bond motifs is 1. The molecule has 2 N–H and O–H groups in total. The van der Waals surface area contributed by atoms with Gasteiger partial charge >= 0.3 is 0 Å². The smallest absolute Gasteiger partial charge is 0.287 e. The fourth-order valence-corrected chi connectivity index (χ4v) is 2.40. The molecule has 0 aliphatic carbocycles. The molecule has 21 heavy (non-hydrogen) atoms. The summed E-state index contributed by atoms with van der Waals surface area (Å²) in [7, 11) is 0. The number of nitrogens with one attached hydrogen (secondary N) is 1. The quantitative estimate of drug-likeness (QED) is 0.890. The van der Waals surface area contributed by atoms with E-state index in [0.29, 0.717) is 17.4 Å². The Morgan fingerprint density at radius 2 is 2.19 bits per heavy atom. The van der Waals surface area contributed by atoms with Crippen LogP contribution in [0.25, 0.3) is 11.0 Å². The normalized spacial score (nSPS) is 14.1. The minimum absolute atomic E-state index is 0.0838. The third kappa shape index (κ3) is 3.24. The zero-order chi connectivity index (χ0) is 15.6. The second kappa shape index (κ2) is 5.85.